The van der Waals surface area contributed by atoms with Gasteiger partial charge in [-0.05, 0) is 70.6 Å². The third kappa shape index (κ3) is 36.9. The predicted molar refractivity (Wildman–Crippen MR) is 332 cm³/mol. The quantitative estimate of drug-likeness (QED) is 0.0204. The Kier molecular flexibility index (Phi) is 48.2. The lowest BCUT2D eigenvalue weighted by molar-refractivity contribution is -0.359. The van der Waals surface area contributed by atoms with Crippen LogP contribution >= 0.6 is 0 Å². The summed E-state index contributed by atoms with van der Waals surface area (Å²) < 4.78 is 22.9. The molecule has 0 radical (unpaired) electrons. The van der Waals surface area contributed by atoms with E-state index in [1.165, 1.54) is 122 Å². The maximum Gasteiger partial charge on any atom is 0.220 e. The highest BCUT2D eigenvalue weighted by Gasteiger charge is 2.51. The second-order valence-electron chi connectivity index (χ2n) is 22.9. The summed E-state index contributed by atoms with van der Waals surface area (Å²) in [4.78, 5) is 13.3. The van der Waals surface area contributed by atoms with Gasteiger partial charge in [0.15, 0.2) is 12.6 Å². The van der Waals surface area contributed by atoms with Crippen LogP contribution < -0.4 is 5.32 Å². The van der Waals surface area contributed by atoms with Crippen LogP contribution in [0.3, 0.4) is 0 Å². The van der Waals surface area contributed by atoms with Gasteiger partial charge in [0.05, 0.1) is 32.0 Å². The number of ether oxygens (including phenoxy) is 4. The van der Waals surface area contributed by atoms with Crippen molar-refractivity contribution >= 4 is 5.91 Å². The number of nitrogens with one attached hydrogen (secondary N) is 1. The van der Waals surface area contributed by atoms with Gasteiger partial charge in [0, 0.05) is 6.42 Å². The number of carbonyl (C=O) groups is 1. The number of carbonyl (C=O) groups excluding carboxylic acids is 1. The minimum absolute atomic E-state index is 0.239. The molecule has 1 amide bonds. The summed E-state index contributed by atoms with van der Waals surface area (Å²) in [6.07, 6.45) is 54.4. The van der Waals surface area contributed by atoms with Crippen molar-refractivity contribution in [2.45, 2.75) is 319 Å². The summed E-state index contributed by atoms with van der Waals surface area (Å²) in [5.41, 5.74) is 0. The van der Waals surface area contributed by atoms with E-state index >= 15 is 0 Å². The Hall–Kier alpha value is -2.83. The van der Waals surface area contributed by atoms with E-state index in [2.05, 4.69) is 104 Å². The van der Waals surface area contributed by atoms with Crippen molar-refractivity contribution in [2.75, 3.05) is 19.8 Å². The summed E-state index contributed by atoms with van der Waals surface area (Å²) in [7, 11) is 0. The molecule has 2 heterocycles. The van der Waals surface area contributed by atoms with Crippen molar-refractivity contribution in [3.63, 3.8) is 0 Å². The maximum absolute atomic E-state index is 13.3. The molecule has 0 aromatic carbocycles. The standard InChI is InChI=1S/C68H119NO13/c1-3-5-7-9-11-13-15-17-19-21-23-25-27-28-30-32-34-36-38-40-42-44-46-48-50-52-60(73)69-56(55-79-67-65(78)63(76)66(59(54-71)81-67)82-68-64(77)62(75)61(74)58(53-70)80-68)57(72)51-49-47-45-43-41-39-37-35-33-31-29-26-24-22-20-18-16-14-12-10-8-6-4-2/h5,7,11,13,17,19,23,25,28,30,34,36,40,42,56-59,61-68,70-72,74-78H,3-4,6,8-10,12,14-16,18,20-22,24,26-27,29,31-33,35,37-39,41,43-55H2,1-2H3,(H,69,73)/b7-5-,13-11-,19-17-,25-23-,30-28-,36-34-,42-40-. The van der Waals surface area contributed by atoms with E-state index in [0.717, 1.165) is 89.9 Å². The molecule has 14 heteroatoms. The first kappa shape index (κ1) is 75.3. The highest BCUT2D eigenvalue weighted by atomic mass is 16.7. The van der Waals surface area contributed by atoms with Gasteiger partial charge in [0.25, 0.3) is 0 Å². The Balaban J connectivity index is 1.74. The van der Waals surface area contributed by atoms with Crippen LogP contribution in [0, 0.1) is 0 Å². The molecule has 2 aliphatic heterocycles. The molecule has 2 saturated heterocycles. The van der Waals surface area contributed by atoms with Crippen LogP contribution in [0.2, 0.25) is 0 Å². The van der Waals surface area contributed by atoms with Crippen molar-refractivity contribution in [2.24, 2.45) is 0 Å². The van der Waals surface area contributed by atoms with Gasteiger partial charge in [-0.15, -0.1) is 0 Å². The van der Waals surface area contributed by atoms with E-state index in [-0.39, 0.29) is 18.9 Å². The number of aliphatic hydroxyl groups excluding tert-OH is 8. The number of allylic oxidation sites excluding steroid dienone is 14. The molecular weight excluding hydrogens is 1040 g/mol. The molecule has 0 bridgehead atoms. The molecule has 12 atom stereocenters. The van der Waals surface area contributed by atoms with E-state index in [9.17, 15) is 45.6 Å². The lowest BCUT2D eigenvalue weighted by Crippen LogP contribution is -2.65. The van der Waals surface area contributed by atoms with E-state index in [1.807, 2.05) is 0 Å². The van der Waals surface area contributed by atoms with Crippen LogP contribution in [0.4, 0.5) is 0 Å². The smallest absolute Gasteiger partial charge is 0.220 e. The van der Waals surface area contributed by atoms with E-state index in [1.54, 1.807) is 0 Å². The Bertz CT molecular complexity index is 1700. The SMILES string of the molecule is CC/C=C\C/C=C\C/C=C\C/C=C\C/C=C\C/C=C\C/C=C\CCCCCC(=O)NC(COC1OC(CO)C(OC2OC(CO)C(O)C(O)C2O)C(O)C1O)C(O)CCCCCCCCCCCCCCCCCCCCCCCCC. The number of amides is 1. The molecule has 14 nitrogen and oxygen atoms in total. The number of rotatable bonds is 52. The molecule has 12 unspecified atom stereocenters. The summed E-state index contributed by atoms with van der Waals surface area (Å²) in [6, 6.07) is -0.854. The topological polar surface area (TPSA) is 228 Å². The molecule has 2 fully saturated rings. The zero-order valence-electron chi connectivity index (χ0n) is 51.2. The van der Waals surface area contributed by atoms with Crippen LogP contribution in [0.15, 0.2) is 85.1 Å². The molecule has 0 saturated carbocycles. The molecule has 0 aromatic heterocycles. The average Bonchev–Trinajstić information content (AvgIpc) is 3.56. The summed E-state index contributed by atoms with van der Waals surface area (Å²) in [5, 5.41) is 87.5. The zero-order chi connectivity index (χ0) is 59.5. The molecule has 82 heavy (non-hydrogen) atoms. The average molecular weight is 1160 g/mol. The van der Waals surface area contributed by atoms with Crippen molar-refractivity contribution in [1.82, 2.24) is 5.32 Å². The Morgan fingerprint density at radius 2 is 0.841 bits per heavy atom. The van der Waals surface area contributed by atoms with E-state index < -0.39 is 86.8 Å². The highest BCUT2D eigenvalue weighted by molar-refractivity contribution is 5.76. The molecular formula is C68H119NO13. The van der Waals surface area contributed by atoms with Gasteiger partial charge < -0.3 is 65.1 Å². The van der Waals surface area contributed by atoms with Crippen LogP contribution in [0.25, 0.3) is 0 Å². The first-order valence-electron chi connectivity index (χ1n) is 32.8. The lowest BCUT2D eigenvalue weighted by atomic mass is 9.97. The van der Waals surface area contributed by atoms with Gasteiger partial charge in [-0.3, -0.25) is 4.79 Å². The van der Waals surface area contributed by atoms with Crippen molar-refractivity contribution in [1.29, 1.82) is 0 Å². The van der Waals surface area contributed by atoms with Crippen LogP contribution in [-0.4, -0.2) is 140 Å². The molecule has 2 aliphatic rings. The first-order valence-corrected chi connectivity index (χ1v) is 32.8. The number of unbranched alkanes of at least 4 members (excludes halogenated alkanes) is 25. The van der Waals surface area contributed by atoms with Crippen LogP contribution in [0.5, 0.6) is 0 Å². The normalized spacial score (nSPS) is 24.5. The number of aliphatic hydroxyl groups is 8. The summed E-state index contributed by atoms with van der Waals surface area (Å²) in [6.45, 7) is 2.74. The summed E-state index contributed by atoms with van der Waals surface area (Å²) in [5.74, 6) is -0.239. The Morgan fingerprint density at radius 3 is 1.28 bits per heavy atom. The van der Waals surface area contributed by atoms with E-state index in [0.29, 0.717) is 12.8 Å². The number of hydrogen-bond acceptors (Lipinski definition) is 13. The van der Waals surface area contributed by atoms with Gasteiger partial charge in [-0.2, -0.15) is 0 Å². The third-order valence-electron chi connectivity index (χ3n) is 15.6. The fourth-order valence-electron chi connectivity index (χ4n) is 10.4. The zero-order valence-corrected chi connectivity index (χ0v) is 51.2. The summed E-state index contributed by atoms with van der Waals surface area (Å²) >= 11 is 0. The minimum atomic E-state index is -1.79. The van der Waals surface area contributed by atoms with Gasteiger partial charge in [0.1, 0.15) is 48.8 Å². The van der Waals surface area contributed by atoms with Gasteiger partial charge in [0.2, 0.25) is 5.91 Å². The first-order chi connectivity index (χ1) is 40.1. The van der Waals surface area contributed by atoms with E-state index in [4.69, 9.17) is 18.9 Å². The minimum Gasteiger partial charge on any atom is -0.394 e. The fraction of sp³-hybridized carbons (Fsp3) is 0.779. The van der Waals surface area contributed by atoms with Crippen molar-refractivity contribution < 1.29 is 64.6 Å². The largest absolute Gasteiger partial charge is 0.394 e. The lowest BCUT2D eigenvalue weighted by Gasteiger charge is -2.46. The van der Waals surface area contributed by atoms with Gasteiger partial charge in [-0.1, -0.05) is 253 Å². The molecule has 474 valence electrons. The van der Waals surface area contributed by atoms with Crippen molar-refractivity contribution in [3.05, 3.63) is 85.1 Å². The van der Waals surface area contributed by atoms with Gasteiger partial charge in [-0.25, -0.2) is 0 Å². The third-order valence-corrected chi connectivity index (χ3v) is 15.6. The maximum atomic E-state index is 13.3. The molecule has 0 spiro atoms. The molecule has 0 aromatic rings. The Labute approximate surface area is 497 Å². The predicted octanol–water partition coefficient (Wildman–Crippen LogP) is 12.4. The second kappa shape index (κ2) is 52.5. The molecule has 9 N–H and O–H groups in total. The van der Waals surface area contributed by atoms with Crippen LogP contribution in [-0.2, 0) is 23.7 Å². The highest BCUT2D eigenvalue weighted by Crippen LogP contribution is 2.30. The monoisotopic (exact) mass is 1160 g/mol. The Morgan fingerprint density at radius 1 is 0.451 bits per heavy atom. The van der Waals surface area contributed by atoms with Crippen molar-refractivity contribution in [3.8, 4) is 0 Å². The second-order valence-corrected chi connectivity index (χ2v) is 22.9. The molecule has 0 aliphatic carbocycles. The van der Waals surface area contributed by atoms with Gasteiger partial charge >= 0.3 is 0 Å². The number of hydrogen-bond donors (Lipinski definition) is 9. The van der Waals surface area contributed by atoms with Crippen LogP contribution in [0.1, 0.15) is 245 Å². The molecule has 2 rings (SSSR count). The fourth-order valence-corrected chi connectivity index (χ4v) is 10.4.